The molecular formula is C16H23N2O4S-. The summed E-state index contributed by atoms with van der Waals surface area (Å²) < 4.78 is 23.2. The zero-order chi connectivity index (χ0) is 17.5. The summed E-state index contributed by atoms with van der Waals surface area (Å²) in [6.07, 6.45) is 1.09. The van der Waals surface area contributed by atoms with Crippen LogP contribution in [0, 0.1) is 5.41 Å². The van der Waals surface area contributed by atoms with Crippen molar-refractivity contribution in [3.63, 3.8) is 0 Å². The predicted octanol–water partition coefficient (Wildman–Crippen LogP) is 1.95. The van der Waals surface area contributed by atoms with E-state index in [9.17, 15) is 18.4 Å². The summed E-state index contributed by atoms with van der Waals surface area (Å²) in [6, 6.07) is 6.92. The molecule has 1 aromatic carbocycles. The van der Waals surface area contributed by atoms with Gasteiger partial charge in [0, 0.05) is 41.8 Å². The standard InChI is InChI=1S/C16H24N2O4S/c1-16(2,3)14(19)8-9-15(20)17-11-10-12-4-6-13(7-5-12)18-23(21)22/h4-7,18H,8-11H2,1-3H3,(H,17,20)(H,21,22)/p-1. The summed E-state index contributed by atoms with van der Waals surface area (Å²) in [5.74, 6) is -0.0610. The van der Waals surface area contributed by atoms with Gasteiger partial charge in [-0.15, -0.1) is 0 Å². The van der Waals surface area contributed by atoms with Gasteiger partial charge in [0.2, 0.25) is 5.91 Å². The lowest BCUT2D eigenvalue weighted by molar-refractivity contribution is -0.129. The van der Waals surface area contributed by atoms with Gasteiger partial charge < -0.3 is 14.6 Å². The average Bonchev–Trinajstić information content (AvgIpc) is 2.45. The summed E-state index contributed by atoms with van der Waals surface area (Å²) in [4.78, 5) is 23.4. The molecule has 23 heavy (non-hydrogen) atoms. The first-order valence-electron chi connectivity index (χ1n) is 7.43. The fourth-order valence-electron chi connectivity index (χ4n) is 1.87. The highest BCUT2D eigenvalue weighted by Crippen LogP contribution is 2.17. The van der Waals surface area contributed by atoms with E-state index in [0.717, 1.165) is 5.56 Å². The third-order valence-electron chi connectivity index (χ3n) is 3.31. The predicted molar refractivity (Wildman–Crippen MR) is 89.4 cm³/mol. The van der Waals surface area contributed by atoms with Crippen molar-refractivity contribution >= 4 is 28.6 Å². The highest BCUT2D eigenvalue weighted by molar-refractivity contribution is 7.80. The highest BCUT2D eigenvalue weighted by atomic mass is 32.2. The van der Waals surface area contributed by atoms with Crippen molar-refractivity contribution in [1.82, 2.24) is 5.32 Å². The third-order valence-corrected chi connectivity index (χ3v) is 3.71. The fraction of sp³-hybridized carbons (Fsp3) is 0.500. The normalized spacial score (nSPS) is 12.5. The smallest absolute Gasteiger partial charge is 0.220 e. The summed E-state index contributed by atoms with van der Waals surface area (Å²) in [7, 11) is 0. The highest BCUT2D eigenvalue weighted by Gasteiger charge is 2.21. The van der Waals surface area contributed by atoms with Crippen molar-refractivity contribution in [2.24, 2.45) is 5.41 Å². The first-order chi connectivity index (χ1) is 10.7. The molecule has 0 fully saturated rings. The Balaban J connectivity index is 2.29. The van der Waals surface area contributed by atoms with Crippen LogP contribution in [0.15, 0.2) is 24.3 Å². The largest absolute Gasteiger partial charge is 0.755 e. The number of nitrogens with one attached hydrogen (secondary N) is 2. The van der Waals surface area contributed by atoms with Crippen LogP contribution in [-0.2, 0) is 27.3 Å². The number of anilines is 1. The van der Waals surface area contributed by atoms with E-state index in [4.69, 9.17) is 0 Å². The number of benzene rings is 1. The summed E-state index contributed by atoms with van der Waals surface area (Å²) in [5.41, 5.74) is 1.06. The maximum absolute atomic E-state index is 11.7. The van der Waals surface area contributed by atoms with E-state index in [0.29, 0.717) is 18.7 Å². The van der Waals surface area contributed by atoms with E-state index in [1.165, 1.54) is 0 Å². The zero-order valence-electron chi connectivity index (χ0n) is 13.7. The van der Waals surface area contributed by atoms with Crippen LogP contribution in [-0.4, -0.2) is 27.0 Å². The molecule has 0 saturated carbocycles. The Bertz CT molecular complexity index is 564. The van der Waals surface area contributed by atoms with Crippen molar-refractivity contribution in [3.8, 4) is 0 Å². The molecule has 1 unspecified atom stereocenters. The van der Waals surface area contributed by atoms with Crippen LogP contribution >= 0.6 is 0 Å². The van der Waals surface area contributed by atoms with Crippen molar-refractivity contribution in [1.29, 1.82) is 0 Å². The zero-order valence-corrected chi connectivity index (χ0v) is 14.5. The Kier molecular flexibility index (Phi) is 7.38. The van der Waals surface area contributed by atoms with Gasteiger partial charge in [-0.2, -0.15) is 0 Å². The molecule has 1 aromatic rings. The van der Waals surface area contributed by atoms with Crippen molar-refractivity contribution < 1.29 is 18.4 Å². The van der Waals surface area contributed by atoms with E-state index >= 15 is 0 Å². The minimum absolute atomic E-state index is 0.0755. The quantitative estimate of drug-likeness (QED) is 0.707. The van der Waals surface area contributed by atoms with E-state index < -0.39 is 16.7 Å². The molecule has 0 aromatic heterocycles. The molecule has 1 amide bonds. The summed E-state index contributed by atoms with van der Waals surface area (Å²) >= 11 is -2.33. The lowest BCUT2D eigenvalue weighted by Gasteiger charge is -2.16. The lowest BCUT2D eigenvalue weighted by Crippen LogP contribution is -2.28. The van der Waals surface area contributed by atoms with Crippen LogP contribution in [0.5, 0.6) is 0 Å². The maximum atomic E-state index is 11.7. The molecule has 0 radical (unpaired) electrons. The number of hydrogen-bond donors (Lipinski definition) is 2. The van der Waals surface area contributed by atoms with Gasteiger partial charge in [0.1, 0.15) is 5.78 Å². The molecule has 0 heterocycles. The van der Waals surface area contributed by atoms with Gasteiger partial charge in [0.15, 0.2) is 0 Å². The van der Waals surface area contributed by atoms with E-state index in [-0.39, 0.29) is 24.5 Å². The van der Waals surface area contributed by atoms with Crippen LogP contribution < -0.4 is 10.0 Å². The first kappa shape index (κ1) is 19.3. The van der Waals surface area contributed by atoms with Crippen LogP contribution in [0.4, 0.5) is 5.69 Å². The number of ketones is 1. The number of carbonyl (C=O) groups is 2. The van der Waals surface area contributed by atoms with Gasteiger partial charge in [-0.25, -0.2) is 0 Å². The molecule has 0 aliphatic rings. The van der Waals surface area contributed by atoms with E-state index in [1.54, 1.807) is 24.3 Å². The Morgan fingerprint density at radius 2 is 1.74 bits per heavy atom. The molecule has 128 valence electrons. The molecule has 1 atom stereocenters. The minimum atomic E-state index is -2.33. The second-order valence-electron chi connectivity index (χ2n) is 6.31. The number of amides is 1. The van der Waals surface area contributed by atoms with E-state index in [2.05, 4.69) is 10.0 Å². The second kappa shape index (κ2) is 8.79. The minimum Gasteiger partial charge on any atom is -0.755 e. The number of carbonyl (C=O) groups excluding carboxylic acids is 2. The van der Waals surface area contributed by atoms with Crippen LogP contribution in [0.25, 0.3) is 0 Å². The maximum Gasteiger partial charge on any atom is 0.220 e. The Morgan fingerprint density at radius 3 is 2.26 bits per heavy atom. The van der Waals surface area contributed by atoms with Crippen molar-refractivity contribution in [3.05, 3.63) is 29.8 Å². The van der Waals surface area contributed by atoms with Crippen molar-refractivity contribution in [2.75, 3.05) is 11.3 Å². The molecule has 0 saturated heterocycles. The number of rotatable bonds is 8. The Morgan fingerprint density at radius 1 is 1.13 bits per heavy atom. The number of hydrogen-bond acceptors (Lipinski definition) is 4. The Hall–Kier alpha value is -1.73. The van der Waals surface area contributed by atoms with Gasteiger partial charge in [-0.3, -0.25) is 13.8 Å². The second-order valence-corrected chi connectivity index (χ2v) is 6.98. The molecular weight excluding hydrogens is 316 g/mol. The lowest BCUT2D eigenvalue weighted by atomic mass is 9.88. The van der Waals surface area contributed by atoms with Gasteiger partial charge in [-0.05, 0) is 24.1 Å². The van der Waals surface area contributed by atoms with E-state index in [1.807, 2.05) is 20.8 Å². The molecule has 6 nitrogen and oxygen atoms in total. The van der Waals surface area contributed by atoms with Crippen LogP contribution in [0.1, 0.15) is 39.2 Å². The monoisotopic (exact) mass is 339 g/mol. The molecule has 0 spiro atoms. The van der Waals surface area contributed by atoms with Gasteiger partial charge in [-0.1, -0.05) is 32.9 Å². The molecule has 0 aliphatic heterocycles. The molecule has 0 bridgehead atoms. The molecule has 7 heteroatoms. The SMILES string of the molecule is CC(C)(C)C(=O)CCC(=O)NCCc1ccc(NS(=O)[O-])cc1. The Labute approximate surface area is 139 Å². The fourth-order valence-corrected chi connectivity index (χ4v) is 2.20. The first-order valence-corrected chi connectivity index (χ1v) is 8.51. The van der Waals surface area contributed by atoms with Gasteiger partial charge >= 0.3 is 0 Å². The molecule has 1 rings (SSSR count). The summed E-state index contributed by atoms with van der Waals surface area (Å²) in [5, 5.41) is 2.78. The molecule has 2 N–H and O–H groups in total. The van der Waals surface area contributed by atoms with Crippen LogP contribution in [0.2, 0.25) is 0 Å². The van der Waals surface area contributed by atoms with Crippen LogP contribution in [0.3, 0.4) is 0 Å². The average molecular weight is 339 g/mol. The molecule has 0 aliphatic carbocycles. The number of Topliss-reactive ketones (excluding diaryl/α,β-unsaturated/α-hetero) is 1. The van der Waals surface area contributed by atoms with Gasteiger partial charge in [0.05, 0.1) is 0 Å². The van der Waals surface area contributed by atoms with Crippen molar-refractivity contribution in [2.45, 2.75) is 40.0 Å². The summed E-state index contributed by atoms with van der Waals surface area (Å²) in [6.45, 7) is 6.00. The third kappa shape index (κ3) is 7.90. The van der Waals surface area contributed by atoms with Gasteiger partial charge in [0.25, 0.3) is 0 Å². The topological polar surface area (TPSA) is 98.3 Å².